The summed E-state index contributed by atoms with van der Waals surface area (Å²) in [6, 6.07) is 3.36. The molecule has 0 unspecified atom stereocenters. The van der Waals surface area contributed by atoms with Crippen molar-refractivity contribution in [3.05, 3.63) is 29.7 Å². The number of aromatic hydroxyl groups is 2. The van der Waals surface area contributed by atoms with Gasteiger partial charge in [-0.25, -0.2) is 0 Å². The van der Waals surface area contributed by atoms with E-state index in [0.29, 0.717) is 0 Å². The molecule has 0 saturated carbocycles. The van der Waals surface area contributed by atoms with Crippen LogP contribution in [-0.2, 0) is 0 Å². The van der Waals surface area contributed by atoms with Crippen LogP contribution in [0.2, 0.25) is 0 Å². The zero-order valence-electron chi connectivity index (χ0n) is 7.99. The first-order chi connectivity index (χ1) is 6.38. The van der Waals surface area contributed by atoms with Gasteiger partial charge >= 0.3 is 58.4 Å². The van der Waals surface area contributed by atoms with Crippen LogP contribution < -0.4 is 51.4 Å². The van der Waals surface area contributed by atoms with Crippen molar-refractivity contribution in [3.63, 3.8) is 0 Å². The maximum Gasteiger partial charge on any atom is 1.00 e. The zero-order chi connectivity index (χ0) is 10.8. The first kappa shape index (κ1) is 15.1. The van der Waals surface area contributed by atoms with Gasteiger partial charge in [-0.15, -0.1) is 5.98 Å². The Morgan fingerprint density at radius 3 is 2.27 bits per heavy atom. The Morgan fingerprint density at radius 2 is 1.73 bits per heavy atom. The van der Waals surface area contributed by atoms with Gasteiger partial charge < -0.3 is 23.2 Å². The Labute approximate surface area is 127 Å². The molecule has 0 amide bonds. The van der Waals surface area contributed by atoms with Crippen LogP contribution >= 0.6 is 0 Å². The quantitative estimate of drug-likeness (QED) is 0.542. The Morgan fingerprint density at radius 1 is 1.13 bits per heavy atom. The molecule has 76 valence electrons. The molecule has 15 heavy (non-hydrogen) atoms. The van der Waals surface area contributed by atoms with Gasteiger partial charge in [0.15, 0.2) is 0 Å². The third-order valence-corrected chi connectivity index (χ3v) is 1.51. The largest absolute Gasteiger partial charge is 1.00 e. The Hall–Kier alpha value is 0.0513. The molecule has 0 heterocycles. The van der Waals surface area contributed by atoms with Gasteiger partial charge in [0.25, 0.3) is 0 Å². The van der Waals surface area contributed by atoms with Crippen molar-refractivity contribution in [2.24, 2.45) is 0 Å². The maximum absolute atomic E-state index is 11.8. The molecule has 0 aromatic heterocycles. The van der Waals surface area contributed by atoms with E-state index in [2.05, 4.69) is 0 Å². The molecule has 0 bridgehead atoms. The van der Waals surface area contributed by atoms with Crippen LogP contribution in [-0.4, -0.2) is 17.2 Å². The number of phenols is 2. The van der Waals surface area contributed by atoms with E-state index in [1.54, 1.807) is 0 Å². The summed E-state index contributed by atoms with van der Waals surface area (Å²) in [7, 11) is 0. The van der Waals surface area contributed by atoms with Crippen LogP contribution in [0.3, 0.4) is 0 Å². The molecule has 0 spiro atoms. The fourth-order valence-corrected chi connectivity index (χ4v) is 0.888. The molecule has 1 aromatic carbocycles. The summed E-state index contributed by atoms with van der Waals surface area (Å²) in [6.07, 6.45) is 0.717. The number of phenolic OH excluding ortho intramolecular Hbond substituents is 2. The number of benzene rings is 1. The first-order valence-corrected chi connectivity index (χ1v) is 3.80. The van der Waals surface area contributed by atoms with Crippen LogP contribution in [0.25, 0.3) is 6.08 Å². The topological polar surface area (TPSA) is 40.5 Å². The molecule has 0 atom stereocenters. The van der Waals surface area contributed by atoms with Gasteiger partial charge in [0.1, 0.15) is 11.5 Å². The Bertz CT molecular complexity index is 365. The molecule has 0 aliphatic carbocycles. The predicted molar refractivity (Wildman–Crippen MR) is 47.9 cm³/mol. The second-order valence-electron chi connectivity index (χ2n) is 2.73. The van der Waals surface area contributed by atoms with Crippen molar-refractivity contribution in [1.29, 1.82) is 0 Å². The second kappa shape index (κ2) is 5.95. The van der Waals surface area contributed by atoms with Crippen molar-refractivity contribution >= 4 is 13.1 Å². The molecule has 1 aromatic rings. The average molecular weight is 242 g/mol. The summed E-state index contributed by atoms with van der Waals surface area (Å²) in [5, 5.41) is 18.1. The van der Waals surface area contributed by atoms with Gasteiger partial charge in [0.05, 0.1) is 0 Å². The van der Waals surface area contributed by atoms with E-state index in [4.69, 9.17) is 10.2 Å². The molecule has 0 aliphatic heterocycles. The minimum atomic E-state index is -5.03. The number of halogens is 3. The van der Waals surface area contributed by atoms with Crippen LogP contribution in [0.1, 0.15) is 5.56 Å². The van der Waals surface area contributed by atoms with Gasteiger partial charge in [0, 0.05) is 5.56 Å². The molecule has 0 fully saturated rings. The normalized spacial score (nSPS) is 11.4. The van der Waals surface area contributed by atoms with Gasteiger partial charge in [-0.3, -0.25) is 0 Å². The Kier molecular flexibility index (Phi) is 5.97. The molecule has 0 aliphatic rings. The van der Waals surface area contributed by atoms with Gasteiger partial charge in [-0.05, 0) is 18.2 Å². The minimum absolute atomic E-state index is 0. The average Bonchev–Trinajstić information content (AvgIpc) is 2.05. The SMILES string of the molecule is Oc1ccc(O)c(/C=C/[B-](F)(F)F)c1.[K+]. The molecule has 0 radical (unpaired) electrons. The van der Waals surface area contributed by atoms with Crippen LogP contribution in [0.5, 0.6) is 11.5 Å². The van der Waals surface area contributed by atoms with Crippen LogP contribution in [0, 0.1) is 0 Å². The standard InChI is InChI=1S/C8H7BF3O2.K/c10-9(11,12)4-3-6-5-7(13)1-2-8(6)14;/h1-5,13-14H;/q-1;+1/b4-3+;. The maximum atomic E-state index is 11.8. The van der Waals surface area contributed by atoms with Crippen molar-refractivity contribution in [2.75, 3.05) is 0 Å². The number of hydrogen-bond donors (Lipinski definition) is 2. The number of hydrogen-bond acceptors (Lipinski definition) is 2. The fourth-order valence-electron chi connectivity index (χ4n) is 0.888. The summed E-state index contributed by atoms with van der Waals surface area (Å²) < 4.78 is 35.4. The smallest absolute Gasteiger partial charge is 0.508 e. The van der Waals surface area contributed by atoms with Crippen LogP contribution in [0.4, 0.5) is 12.9 Å². The summed E-state index contributed by atoms with van der Waals surface area (Å²) in [5.74, 6) is -0.453. The molecule has 2 nitrogen and oxygen atoms in total. The van der Waals surface area contributed by atoms with E-state index in [-0.39, 0.29) is 74.4 Å². The summed E-state index contributed by atoms with van der Waals surface area (Å²) >= 11 is 0. The minimum Gasteiger partial charge on any atom is -0.508 e. The molecular weight excluding hydrogens is 235 g/mol. The molecule has 2 N–H and O–H groups in total. The van der Waals surface area contributed by atoms with E-state index in [9.17, 15) is 12.9 Å². The van der Waals surface area contributed by atoms with E-state index >= 15 is 0 Å². The van der Waals surface area contributed by atoms with E-state index in [0.717, 1.165) is 18.2 Å². The van der Waals surface area contributed by atoms with E-state index < -0.39 is 6.98 Å². The van der Waals surface area contributed by atoms with Gasteiger partial charge in [0.2, 0.25) is 0 Å². The second-order valence-corrected chi connectivity index (χ2v) is 2.73. The summed E-state index contributed by atoms with van der Waals surface area (Å²) in [6.45, 7) is -5.03. The summed E-state index contributed by atoms with van der Waals surface area (Å²) in [5.41, 5.74) is -0.0656. The van der Waals surface area contributed by atoms with Crippen molar-refractivity contribution in [3.8, 4) is 11.5 Å². The van der Waals surface area contributed by atoms with E-state index in [1.807, 2.05) is 0 Å². The first-order valence-electron chi connectivity index (χ1n) is 3.80. The molecule has 1 rings (SSSR count). The van der Waals surface area contributed by atoms with Crippen molar-refractivity contribution in [1.82, 2.24) is 0 Å². The summed E-state index contributed by atoms with van der Waals surface area (Å²) in [4.78, 5) is 0. The fraction of sp³-hybridized carbons (Fsp3) is 0. The third-order valence-electron chi connectivity index (χ3n) is 1.51. The third kappa shape index (κ3) is 5.62. The monoisotopic (exact) mass is 242 g/mol. The van der Waals surface area contributed by atoms with E-state index in [1.165, 1.54) is 6.07 Å². The Balaban J connectivity index is 0.00000196. The van der Waals surface area contributed by atoms with Crippen LogP contribution in [0.15, 0.2) is 24.2 Å². The predicted octanol–water partition coefficient (Wildman–Crippen LogP) is -0.498. The van der Waals surface area contributed by atoms with Crippen molar-refractivity contribution < 1.29 is 74.5 Å². The molecule has 7 heteroatoms. The zero-order valence-corrected chi connectivity index (χ0v) is 11.1. The van der Waals surface area contributed by atoms with Gasteiger partial charge in [-0.1, -0.05) is 6.08 Å². The molecule has 0 saturated heterocycles. The molecular formula is C8H7BF3KO2. The number of rotatable bonds is 2. The van der Waals surface area contributed by atoms with Crippen molar-refractivity contribution in [2.45, 2.75) is 0 Å². The van der Waals surface area contributed by atoms with Gasteiger partial charge in [-0.2, -0.15) is 0 Å².